The molecule has 0 radical (unpaired) electrons. The zero-order valence-electron chi connectivity index (χ0n) is 12.0. The lowest BCUT2D eigenvalue weighted by Gasteiger charge is -2.26. The van der Waals surface area contributed by atoms with Gasteiger partial charge in [-0.25, -0.2) is 0 Å². The molecule has 4 nitrogen and oxygen atoms in total. The highest BCUT2D eigenvalue weighted by molar-refractivity contribution is 5.75. The first kappa shape index (κ1) is 14.9. The number of aliphatic carboxylic acids is 1. The van der Waals surface area contributed by atoms with Crippen LogP contribution in [0.25, 0.3) is 0 Å². The number of carboxylic acid groups (broad SMARTS) is 1. The zero-order valence-corrected chi connectivity index (χ0v) is 12.0. The molecule has 1 aromatic carbocycles. The van der Waals surface area contributed by atoms with Crippen LogP contribution in [0.2, 0.25) is 0 Å². The molecule has 0 saturated heterocycles. The van der Waals surface area contributed by atoms with Crippen molar-refractivity contribution in [1.82, 2.24) is 5.32 Å². The van der Waals surface area contributed by atoms with Crippen molar-refractivity contribution in [1.29, 1.82) is 0 Å². The second-order valence-corrected chi connectivity index (χ2v) is 5.27. The van der Waals surface area contributed by atoms with Crippen molar-refractivity contribution >= 4 is 5.97 Å². The van der Waals surface area contributed by atoms with Crippen LogP contribution < -0.4 is 10.1 Å². The number of carboxylic acids is 1. The highest BCUT2D eigenvalue weighted by atomic mass is 16.5. The summed E-state index contributed by atoms with van der Waals surface area (Å²) in [6.45, 7) is 2.54. The van der Waals surface area contributed by atoms with E-state index in [1.165, 1.54) is 19.3 Å². The van der Waals surface area contributed by atoms with Crippen LogP contribution in [0, 0.1) is 0 Å². The largest absolute Gasteiger partial charge is 0.494 e. The summed E-state index contributed by atoms with van der Waals surface area (Å²) in [5.41, 5.74) is 0.784. The van der Waals surface area contributed by atoms with Crippen molar-refractivity contribution in [2.75, 3.05) is 6.61 Å². The Morgan fingerprint density at radius 1 is 1.30 bits per heavy atom. The van der Waals surface area contributed by atoms with Gasteiger partial charge in [-0.3, -0.25) is 10.1 Å². The van der Waals surface area contributed by atoms with Gasteiger partial charge in [-0.2, -0.15) is 0 Å². The topological polar surface area (TPSA) is 58.6 Å². The molecule has 110 valence electrons. The summed E-state index contributed by atoms with van der Waals surface area (Å²) in [6, 6.07) is 7.01. The minimum absolute atomic E-state index is 0.316. The molecule has 1 aliphatic carbocycles. The number of hydrogen-bond acceptors (Lipinski definition) is 3. The van der Waals surface area contributed by atoms with E-state index in [0.717, 1.165) is 24.2 Å². The normalized spacial score (nSPS) is 17.6. The number of carbonyl (C=O) groups is 1. The third-order valence-electron chi connectivity index (χ3n) is 3.78. The first-order valence-electron chi connectivity index (χ1n) is 7.42. The number of nitrogens with one attached hydrogen (secondary N) is 1. The molecule has 1 saturated carbocycles. The molecular weight excluding hydrogens is 254 g/mol. The van der Waals surface area contributed by atoms with Crippen molar-refractivity contribution in [3.8, 4) is 5.75 Å². The van der Waals surface area contributed by atoms with Crippen molar-refractivity contribution in [3.05, 3.63) is 29.8 Å². The van der Waals surface area contributed by atoms with Gasteiger partial charge in [-0.05, 0) is 37.5 Å². The van der Waals surface area contributed by atoms with E-state index in [2.05, 4.69) is 5.32 Å². The summed E-state index contributed by atoms with van der Waals surface area (Å²) >= 11 is 0. The maximum atomic E-state index is 11.5. The zero-order chi connectivity index (χ0) is 14.4. The number of benzene rings is 1. The van der Waals surface area contributed by atoms with Crippen LogP contribution in [-0.2, 0) is 4.79 Å². The van der Waals surface area contributed by atoms with Gasteiger partial charge < -0.3 is 9.84 Å². The second-order valence-electron chi connectivity index (χ2n) is 5.27. The summed E-state index contributed by atoms with van der Waals surface area (Å²) < 4.78 is 5.38. The van der Waals surface area contributed by atoms with Gasteiger partial charge >= 0.3 is 5.97 Å². The molecular formula is C16H23NO3. The van der Waals surface area contributed by atoms with E-state index in [-0.39, 0.29) is 0 Å². The van der Waals surface area contributed by atoms with Gasteiger partial charge in [0.1, 0.15) is 11.8 Å². The summed E-state index contributed by atoms with van der Waals surface area (Å²) in [4.78, 5) is 11.5. The summed E-state index contributed by atoms with van der Waals surface area (Å²) in [5.74, 6) is -0.0437. The molecule has 1 atom stereocenters. The van der Waals surface area contributed by atoms with Gasteiger partial charge in [-0.1, -0.05) is 31.4 Å². The Labute approximate surface area is 120 Å². The fourth-order valence-corrected chi connectivity index (χ4v) is 2.74. The van der Waals surface area contributed by atoms with E-state index in [1.807, 2.05) is 31.2 Å². The monoisotopic (exact) mass is 277 g/mol. The minimum atomic E-state index is -0.820. The van der Waals surface area contributed by atoms with E-state index in [4.69, 9.17) is 4.74 Å². The maximum Gasteiger partial charge on any atom is 0.325 e. The molecule has 1 unspecified atom stereocenters. The van der Waals surface area contributed by atoms with Crippen molar-refractivity contribution in [2.24, 2.45) is 0 Å². The molecule has 0 bridgehead atoms. The molecule has 2 rings (SSSR count). The molecule has 0 aromatic heterocycles. The van der Waals surface area contributed by atoms with Crippen LogP contribution >= 0.6 is 0 Å². The Morgan fingerprint density at radius 3 is 2.50 bits per heavy atom. The van der Waals surface area contributed by atoms with Gasteiger partial charge in [0.05, 0.1) is 6.61 Å². The maximum absolute atomic E-state index is 11.5. The third kappa shape index (κ3) is 3.97. The number of ether oxygens (including phenoxy) is 1. The van der Waals surface area contributed by atoms with Crippen LogP contribution in [0.15, 0.2) is 24.3 Å². The Kier molecular flexibility index (Phi) is 5.41. The Bertz CT molecular complexity index is 424. The van der Waals surface area contributed by atoms with E-state index >= 15 is 0 Å². The number of rotatable bonds is 6. The van der Waals surface area contributed by atoms with E-state index in [9.17, 15) is 9.90 Å². The van der Waals surface area contributed by atoms with E-state index in [0.29, 0.717) is 12.6 Å². The Balaban J connectivity index is 2.05. The molecule has 1 aliphatic rings. The fraction of sp³-hybridized carbons (Fsp3) is 0.562. The molecule has 1 fully saturated rings. The average molecular weight is 277 g/mol. The summed E-state index contributed by atoms with van der Waals surface area (Å²) in [5, 5.41) is 12.7. The fourth-order valence-electron chi connectivity index (χ4n) is 2.74. The SMILES string of the molecule is CCOc1ccc(C(NC2CCCCC2)C(=O)O)cc1. The predicted octanol–water partition coefficient (Wildman–Crippen LogP) is 3.13. The lowest BCUT2D eigenvalue weighted by atomic mass is 9.94. The van der Waals surface area contributed by atoms with Crippen LogP contribution in [0.1, 0.15) is 50.6 Å². The predicted molar refractivity (Wildman–Crippen MR) is 78.0 cm³/mol. The Morgan fingerprint density at radius 2 is 1.95 bits per heavy atom. The third-order valence-corrected chi connectivity index (χ3v) is 3.78. The minimum Gasteiger partial charge on any atom is -0.494 e. The summed E-state index contributed by atoms with van der Waals surface area (Å²) in [7, 11) is 0. The molecule has 1 aromatic rings. The van der Waals surface area contributed by atoms with Gasteiger partial charge in [0.25, 0.3) is 0 Å². The van der Waals surface area contributed by atoms with Crippen molar-refractivity contribution < 1.29 is 14.6 Å². The van der Waals surface area contributed by atoms with Crippen LogP contribution in [0.5, 0.6) is 5.75 Å². The number of hydrogen-bond donors (Lipinski definition) is 2. The highest BCUT2D eigenvalue weighted by Crippen LogP contribution is 2.23. The second kappa shape index (κ2) is 7.29. The van der Waals surface area contributed by atoms with Crippen molar-refractivity contribution in [2.45, 2.75) is 51.1 Å². The van der Waals surface area contributed by atoms with Crippen LogP contribution in [0.4, 0.5) is 0 Å². The lowest BCUT2D eigenvalue weighted by Crippen LogP contribution is -2.38. The van der Waals surface area contributed by atoms with Crippen LogP contribution in [0.3, 0.4) is 0 Å². The van der Waals surface area contributed by atoms with Crippen LogP contribution in [-0.4, -0.2) is 23.7 Å². The molecule has 0 amide bonds. The smallest absolute Gasteiger partial charge is 0.325 e. The van der Waals surface area contributed by atoms with E-state index < -0.39 is 12.0 Å². The van der Waals surface area contributed by atoms with Crippen molar-refractivity contribution in [3.63, 3.8) is 0 Å². The molecule has 20 heavy (non-hydrogen) atoms. The highest BCUT2D eigenvalue weighted by Gasteiger charge is 2.24. The standard InChI is InChI=1S/C16H23NO3/c1-2-20-14-10-8-12(9-11-14)15(16(18)19)17-13-6-4-3-5-7-13/h8-11,13,15,17H,2-7H2,1H3,(H,18,19). The molecule has 2 N–H and O–H groups in total. The van der Waals surface area contributed by atoms with Gasteiger partial charge in [-0.15, -0.1) is 0 Å². The average Bonchev–Trinajstić information content (AvgIpc) is 2.47. The first-order valence-corrected chi connectivity index (χ1v) is 7.42. The molecule has 0 spiro atoms. The van der Waals surface area contributed by atoms with Gasteiger partial charge in [0.2, 0.25) is 0 Å². The Hall–Kier alpha value is -1.55. The molecule has 0 heterocycles. The summed E-state index contributed by atoms with van der Waals surface area (Å²) in [6.07, 6.45) is 5.78. The quantitative estimate of drug-likeness (QED) is 0.838. The molecule has 4 heteroatoms. The van der Waals surface area contributed by atoms with Gasteiger partial charge in [0, 0.05) is 6.04 Å². The van der Waals surface area contributed by atoms with Gasteiger partial charge in [0.15, 0.2) is 0 Å². The van der Waals surface area contributed by atoms with E-state index in [1.54, 1.807) is 0 Å². The first-order chi connectivity index (χ1) is 9.70. The lowest BCUT2D eigenvalue weighted by molar-refractivity contribution is -0.140. The molecule has 0 aliphatic heterocycles.